The van der Waals surface area contributed by atoms with Crippen LogP contribution in [0, 0.1) is 0 Å². The van der Waals surface area contributed by atoms with Crippen LogP contribution in [0.15, 0.2) is 48.5 Å². The molecule has 1 heterocycles. The fraction of sp³-hybridized carbons (Fsp3) is 0.435. The minimum absolute atomic E-state index is 0.131. The fourth-order valence-electron chi connectivity index (χ4n) is 3.65. The second-order valence-corrected chi connectivity index (χ2v) is 7.91. The van der Waals surface area contributed by atoms with E-state index < -0.39 is 0 Å². The highest BCUT2D eigenvalue weighted by Gasteiger charge is 2.24. The number of carbonyl (C=O) groups excluding carboxylic acids is 1. The Morgan fingerprint density at radius 3 is 2.43 bits per heavy atom. The van der Waals surface area contributed by atoms with Crippen LogP contribution in [0.2, 0.25) is 0 Å². The summed E-state index contributed by atoms with van der Waals surface area (Å²) in [5, 5.41) is 5.95. The average Bonchev–Trinajstić information content (AvgIpc) is 2.75. The molecule has 2 N–H and O–H groups in total. The smallest absolute Gasteiger partial charge is 0.319 e. The monoisotopic (exact) mass is 411 g/mol. The Bertz CT molecular complexity index is 817. The second-order valence-electron chi connectivity index (χ2n) is 7.91. The SMILES string of the molecule is COc1cccc(NC(=O)NC[C@@H](c2ccc(N(C)C)cc2)N2CCN(C)CC2)c1. The van der Waals surface area contributed by atoms with E-state index in [4.69, 9.17) is 4.74 Å². The van der Waals surface area contributed by atoms with Gasteiger partial charge in [0, 0.05) is 64.3 Å². The summed E-state index contributed by atoms with van der Waals surface area (Å²) in [5.74, 6) is 0.712. The van der Waals surface area contributed by atoms with Crippen molar-refractivity contribution in [2.75, 3.05) is 71.2 Å². The number of ether oxygens (including phenoxy) is 1. The molecule has 1 saturated heterocycles. The standard InChI is InChI=1S/C23H33N5O2/c1-26(2)20-10-8-18(9-11-20)22(28-14-12-27(3)13-15-28)17-24-23(29)25-19-6-5-7-21(16-19)30-4/h5-11,16,22H,12-15,17H2,1-4H3,(H2,24,25,29)/t22-/m0/s1. The number of urea groups is 1. The molecule has 3 rings (SSSR count). The average molecular weight is 412 g/mol. The molecule has 2 aromatic rings. The van der Waals surface area contributed by atoms with E-state index in [9.17, 15) is 4.79 Å². The molecule has 0 unspecified atom stereocenters. The molecule has 0 aliphatic carbocycles. The van der Waals surface area contributed by atoms with Crippen LogP contribution < -0.4 is 20.3 Å². The van der Waals surface area contributed by atoms with Crippen molar-refractivity contribution in [3.63, 3.8) is 0 Å². The molecule has 162 valence electrons. The first-order valence-electron chi connectivity index (χ1n) is 10.3. The maximum Gasteiger partial charge on any atom is 0.319 e. The first kappa shape index (κ1) is 21.9. The van der Waals surface area contributed by atoms with Crippen molar-refractivity contribution in [1.82, 2.24) is 15.1 Å². The van der Waals surface area contributed by atoms with Gasteiger partial charge in [-0.1, -0.05) is 18.2 Å². The summed E-state index contributed by atoms with van der Waals surface area (Å²) < 4.78 is 5.22. The van der Waals surface area contributed by atoms with E-state index in [1.165, 1.54) is 11.3 Å². The van der Waals surface area contributed by atoms with Crippen molar-refractivity contribution < 1.29 is 9.53 Å². The number of amides is 2. The van der Waals surface area contributed by atoms with Crippen LogP contribution in [-0.2, 0) is 0 Å². The van der Waals surface area contributed by atoms with Crippen molar-refractivity contribution in [1.29, 1.82) is 0 Å². The summed E-state index contributed by atoms with van der Waals surface area (Å²) in [6.45, 7) is 4.57. The summed E-state index contributed by atoms with van der Waals surface area (Å²) in [4.78, 5) is 19.4. The van der Waals surface area contributed by atoms with E-state index in [1.807, 2.05) is 32.3 Å². The van der Waals surface area contributed by atoms with Gasteiger partial charge in [-0.2, -0.15) is 0 Å². The molecular formula is C23H33N5O2. The molecule has 2 amide bonds. The predicted octanol–water partition coefficient (Wildman–Crippen LogP) is 2.87. The van der Waals surface area contributed by atoms with Crippen molar-refractivity contribution in [2.24, 2.45) is 0 Å². The molecule has 0 spiro atoms. The lowest BCUT2D eigenvalue weighted by atomic mass is 10.0. The van der Waals surface area contributed by atoms with E-state index >= 15 is 0 Å². The number of benzene rings is 2. The Morgan fingerprint density at radius 2 is 1.80 bits per heavy atom. The number of rotatable bonds is 7. The summed E-state index contributed by atoms with van der Waals surface area (Å²) >= 11 is 0. The second kappa shape index (κ2) is 10.3. The lowest BCUT2D eigenvalue weighted by Crippen LogP contribution is -2.48. The molecule has 0 bridgehead atoms. The Hall–Kier alpha value is -2.77. The fourth-order valence-corrected chi connectivity index (χ4v) is 3.65. The Kier molecular flexibility index (Phi) is 7.54. The van der Waals surface area contributed by atoms with Gasteiger partial charge < -0.3 is 25.2 Å². The highest BCUT2D eigenvalue weighted by molar-refractivity contribution is 5.89. The lowest BCUT2D eigenvalue weighted by Gasteiger charge is -2.38. The number of hydrogen-bond acceptors (Lipinski definition) is 5. The molecule has 1 aliphatic rings. The Balaban J connectivity index is 1.67. The molecule has 1 aliphatic heterocycles. The zero-order valence-corrected chi connectivity index (χ0v) is 18.4. The molecule has 30 heavy (non-hydrogen) atoms. The summed E-state index contributed by atoms with van der Waals surface area (Å²) in [6.07, 6.45) is 0. The molecule has 0 saturated carbocycles. The maximum absolute atomic E-state index is 12.5. The van der Waals surface area contributed by atoms with Gasteiger partial charge in [-0.3, -0.25) is 4.90 Å². The van der Waals surface area contributed by atoms with Crippen molar-refractivity contribution >= 4 is 17.4 Å². The van der Waals surface area contributed by atoms with Crippen LogP contribution in [0.5, 0.6) is 5.75 Å². The topological polar surface area (TPSA) is 60.1 Å². The van der Waals surface area contributed by atoms with Gasteiger partial charge >= 0.3 is 6.03 Å². The number of methoxy groups -OCH3 is 1. The van der Waals surface area contributed by atoms with Gasteiger partial charge in [0.15, 0.2) is 0 Å². The van der Waals surface area contributed by atoms with Crippen molar-refractivity contribution in [3.05, 3.63) is 54.1 Å². The first-order chi connectivity index (χ1) is 14.5. The van der Waals surface area contributed by atoms with E-state index in [0.29, 0.717) is 18.0 Å². The van der Waals surface area contributed by atoms with Crippen LogP contribution in [0.25, 0.3) is 0 Å². The Labute approximate surface area is 179 Å². The predicted molar refractivity (Wildman–Crippen MR) is 123 cm³/mol. The normalized spacial score (nSPS) is 16.0. The molecule has 0 aromatic heterocycles. The number of anilines is 2. The van der Waals surface area contributed by atoms with Crippen molar-refractivity contribution in [2.45, 2.75) is 6.04 Å². The number of hydrogen-bond donors (Lipinski definition) is 2. The van der Waals surface area contributed by atoms with E-state index in [0.717, 1.165) is 26.2 Å². The third-order valence-corrected chi connectivity index (χ3v) is 5.56. The van der Waals surface area contributed by atoms with E-state index in [2.05, 4.69) is 56.6 Å². The molecule has 2 aromatic carbocycles. The first-order valence-corrected chi connectivity index (χ1v) is 10.3. The summed E-state index contributed by atoms with van der Waals surface area (Å²) in [7, 11) is 7.84. The van der Waals surface area contributed by atoms with Crippen LogP contribution >= 0.6 is 0 Å². The third kappa shape index (κ3) is 5.87. The quantitative estimate of drug-likeness (QED) is 0.734. The van der Waals surface area contributed by atoms with Crippen LogP contribution in [0.1, 0.15) is 11.6 Å². The van der Waals surface area contributed by atoms with Gasteiger partial charge in [0.2, 0.25) is 0 Å². The summed E-state index contributed by atoms with van der Waals surface area (Å²) in [5.41, 5.74) is 3.09. The summed E-state index contributed by atoms with van der Waals surface area (Å²) in [6, 6.07) is 15.9. The molecule has 7 heteroatoms. The number of nitrogens with zero attached hydrogens (tertiary/aromatic N) is 3. The van der Waals surface area contributed by atoms with Crippen molar-refractivity contribution in [3.8, 4) is 5.75 Å². The van der Waals surface area contributed by atoms with E-state index in [-0.39, 0.29) is 12.1 Å². The molecule has 0 radical (unpaired) electrons. The van der Waals surface area contributed by atoms with Gasteiger partial charge in [-0.15, -0.1) is 0 Å². The van der Waals surface area contributed by atoms with Gasteiger partial charge in [-0.05, 0) is 36.9 Å². The van der Waals surface area contributed by atoms with E-state index in [1.54, 1.807) is 13.2 Å². The largest absolute Gasteiger partial charge is 0.497 e. The van der Waals surface area contributed by atoms with Crippen LogP contribution in [-0.4, -0.2) is 76.8 Å². The highest BCUT2D eigenvalue weighted by Crippen LogP contribution is 2.24. The maximum atomic E-state index is 12.5. The number of piperazine rings is 1. The van der Waals surface area contributed by atoms with Gasteiger partial charge in [-0.25, -0.2) is 4.79 Å². The highest BCUT2D eigenvalue weighted by atomic mass is 16.5. The number of carbonyl (C=O) groups is 1. The minimum atomic E-state index is -0.215. The Morgan fingerprint density at radius 1 is 1.10 bits per heavy atom. The number of nitrogens with one attached hydrogen (secondary N) is 2. The van der Waals surface area contributed by atoms with Gasteiger partial charge in [0.25, 0.3) is 0 Å². The lowest BCUT2D eigenvalue weighted by molar-refractivity contribution is 0.111. The molecule has 7 nitrogen and oxygen atoms in total. The zero-order valence-electron chi connectivity index (χ0n) is 18.4. The van der Waals surface area contributed by atoms with Crippen LogP contribution in [0.3, 0.4) is 0 Å². The molecule has 1 atom stereocenters. The van der Waals surface area contributed by atoms with Gasteiger partial charge in [0.05, 0.1) is 13.2 Å². The number of likely N-dealkylation sites (N-methyl/N-ethyl adjacent to an activating group) is 1. The molecule has 1 fully saturated rings. The zero-order chi connectivity index (χ0) is 21.5. The third-order valence-electron chi connectivity index (χ3n) is 5.56. The van der Waals surface area contributed by atoms with Crippen LogP contribution in [0.4, 0.5) is 16.2 Å². The van der Waals surface area contributed by atoms with Gasteiger partial charge in [0.1, 0.15) is 5.75 Å². The minimum Gasteiger partial charge on any atom is -0.497 e. The molecular weight excluding hydrogens is 378 g/mol.